The zero-order chi connectivity index (χ0) is 12.0. The topological polar surface area (TPSA) is 150 Å². The fourth-order valence-corrected chi connectivity index (χ4v) is 0.861. The highest BCUT2D eigenvalue weighted by Gasteiger charge is 2.30. The molecule has 0 bridgehead atoms. The Balaban J connectivity index is 4.63. The maximum absolute atomic E-state index is 10.6. The number of nitrogens with two attached hydrogens (primary N) is 1. The second-order valence-electron chi connectivity index (χ2n) is 2.55. The van der Waals surface area contributed by atoms with Crippen LogP contribution >= 0.6 is 0 Å². The van der Waals surface area contributed by atoms with Crippen LogP contribution in [0.1, 0.15) is 12.8 Å². The van der Waals surface area contributed by atoms with Gasteiger partial charge in [-0.15, -0.1) is 4.91 Å². The van der Waals surface area contributed by atoms with Crippen LogP contribution in [0.2, 0.25) is 0 Å². The summed E-state index contributed by atoms with van der Waals surface area (Å²) >= 11 is 0. The van der Waals surface area contributed by atoms with Gasteiger partial charge in [0.15, 0.2) is 6.04 Å². The number of hydrogen-bond donors (Lipinski definition) is 3. The summed E-state index contributed by atoms with van der Waals surface area (Å²) in [5.74, 6) is -2.80. The van der Waals surface area contributed by atoms with Gasteiger partial charge in [-0.1, -0.05) is 0 Å². The summed E-state index contributed by atoms with van der Waals surface area (Å²) in [7, 11) is 0. The number of primary amides is 1. The molecule has 0 aromatic rings. The van der Waals surface area contributed by atoms with E-state index in [4.69, 9.17) is 10.2 Å². The molecule has 4 N–H and O–H groups in total. The van der Waals surface area contributed by atoms with E-state index in [0.29, 0.717) is 0 Å². The lowest BCUT2D eigenvalue weighted by Gasteiger charge is -2.17. The Kier molecular flexibility index (Phi) is 4.72. The zero-order valence-corrected chi connectivity index (χ0v) is 7.49. The average Bonchev–Trinajstić information content (AvgIpc) is 2.10. The van der Waals surface area contributed by atoms with Crippen LogP contribution in [0.5, 0.6) is 0 Å². The van der Waals surface area contributed by atoms with Crippen molar-refractivity contribution in [1.82, 2.24) is 5.01 Å². The van der Waals surface area contributed by atoms with Gasteiger partial charge in [-0.3, -0.25) is 4.79 Å². The lowest BCUT2D eigenvalue weighted by atomic mass is 10.1. The first-order chi connectivity index (χ1) is 6.90. The smallest absolute Gasteiger partial charge is 0.338 e. The number of rotatable bonds is 6. The maximum atomic E-state index is 10.6. The fraction of sp³-hybridized carbons (Fsp3) is 0.500. The minimum absolute atomic E-state index is 0.00866. The molecule has 0 radical (unpaired) electrons. The van der Waals surface area contributed by atoms with E-state index >= 15 is 0 Å². The molecule has 2 amide bonds. The van der Waals surface area contributed by atoms with Crippen LogP contribution in [0.15, 0.2) is 5.29 Å². The van der Waals surface area contributed by atoms with E-state index < -0.39 is 36.9 Å². The monoisotopic (exact) mass is 219 g/mol. The van der Waals surface area contributed by atoms with Crippen LogP contribution in [0.3, 0.4) is 0 Å². The van der Waals surface area contributed by atoms with Gasteiger partial charge >= 0.3 is 18.0 Å². The van der Waals surface area contributed by atoms with Gasteiger partial charge in [-0.25, -0.2) is 9.59 Å². The highest BCUT2D eigenvalue weighted by Crippen LogP contribution is 2.08. The number of aliphatic carboxylic acids is 2. The molecular formula is C6H9N3O6. The second-order valence-corrected chi connectivity index (χ2v) is 2.55. The highest BCUT2D eigenvalue weighted by atomic mass is 16.4. The second kappa shape index (κ2) is 5.52. The van der Waals surface area contributed by atoms with Crippen molar-refractivity contribution < 1.29 is 24.6 Å². The van der Waals surface area contributed by atoms with Gasteiger partial charge in [0.05, 0.1) is 5.29 Å². The van der Waals surface area contributed by atoms with Crippen molar-refractivity contribution in [2.24, 2.45) is 11.0 Å². The van der Waals surface area contributed by atoms with Gasteiger partial charge in [0.1, 0.15) is 0 Å². The summed E-state index contributed by atoms with van der Waals surface area (Å²) in [6, 6.07) is -3.00. The minimum Gasteiger partial charge on any atom is -0.481 e. The molecule has 0 aromatic heterocycles. The molecule has 0 aliphatic heterocycles. The molecule has 0 spiro atoms. The molecule has 0 fully saturated rings. The van der Waals surface area contributed by atoms with Crippen LogP contribution in [0.25, 0.3) is 0 Å². The molecule has 0 aromatic carbocycles. The molecule has 0 saturated heterocycles. The zero-order valence-electron chi connectivity index (χ0n) is 7.49. The van der Waals surface area contributed by atoms with Gasteiger partial charge in [0, 0.05) is 6.42 Å². The number of carbonyl (C=O) groups is 3. The average molecular weight is 219 g/mol. The number of hydrogen-bond acceptors (Lipinski definition) is 5. The number of nitroso groups, excluding NO2 is 1. The summed E-state index contributed by atoms with van der Waals surface area (Å²) < 4.78 is 0. The van der Waals surface area contributed by atoms with Crippen molar-refractivity contribution in [3.05, 3.63) is 4.91 Å². The first-order valence-electron chi connectivity index (χ1n) is 3.76. The molecule has 1 unspecified atom stereocenters. The van der Waals surface area contributed by atoms with Crippen molar-refractivity contribution in [1.29, 1.82) is 0 Å². The maximum Gasteiger partial charge on any atom is 0.338 e. The predicted octanol–water partition coefficient (Wildman–Crippen LogP) is -0.633. The number of nitrogens with zero attached hydrogens (tertiary/aromatic N) is 2. The van der Waals surface area contributed by atoms with Crippen LogP contribution in [-0.4, -0.2) is 39.2 Å². The fourth-order valence-electron chi connectivity index (χ4n) is 0.861. The summed E-state index contributed by atoms with van der Waals surface area (Å²) in [6.45, 7) is 0. The number of amides is 2. The molecule has 0 saturated carbocycles. The first kappa shape index (κ1) is 12.8. The highest BCUT2D eigenvalue weighted by molar-refractivity contribution is 5.82. The van der Waals surface area contributed by atoms with Gasteiger partial charge in [-0.2, -0.15) is 5.01 Å². The number of carboxylic acids is 2. The van der Waals surface area contributed by atoms with Gasteiger partial charge in [-0.05, 0) is 6.42 Å². The molecular weight excluding hydrogens is 210 g/mol. The summed E-state index contributed by atoms with van der Waals surface area (Å²) in [6.07, 6.45) is -0.963. The van der Waals surface area contributed by atoms with Crippen LogP contribution in [0, 0.1) is 4.91 Å². The molecule has 0 heterocycles. The Labute approximate surface area is 83.4 Å². The molecule has 84 valence electrons. The third-order valence-corrected chi connectivity index (χ3v) is 1.53. The molecule has 0 rings (SSSR count). The minimum atomic E-state index is -1.66. The van der Waals surface area contributed by atoms with Gasteiger partial charge in [0.2, 0.25) is 0 Å². The number of carbonyl (C=O) groups excluding carboxylic acids is 1. The third-order valence-electron chi connectivity index (χ3n) is 1.53. The van der Waals surface area contributed by atoms with Crippen LogP contribution in [-0.2, 0) is 9.59 Å². The summed E-state index contributed by atoms with van der Waals surface area (Å²) in [4.78, 5) is 41.4. The van der Waals surface area contributed by atoms with Gasteiger partial charge in [0.25, 0.3) is 0 Å². The number of carboxylic acid groups (broad SMARTS) is 2. The Morgan fingerprint density at radius 2 is 1.87 bits per heavy atom. The van der Waals surface area contributed by atoms with Crippen molar-refractivity contribution in [3.8, 4) is 0 Å². The van der Waals surface area contributed by atoms with E-state index in [1.54, 1.807) is 0 Å². The van der Waals surface area contributed by atoms with Crippen molar-refractivity contribution >= 4 is 18.0 Å². The van der Waals surface area contributed by atoms with E-state index in [0.717, 1.165) is 0 Å². The Hall–Kier alpha value is -2.19. The quantitative estimate of drug-likeness (QED) is 0.399. The standard InChI is InChI=1S/C6H9N3O6/c7-6(14)9(8-15)3(5(12)13)1-2-4(10)11/h3H,1-2H2,(H2,7,14)(H,10,11)(H,12,13). The largest absolute Gasteiger partial charge is 0.481 e. The van der Waals surface area contributed by atoms with Crippen molar-refractivity contribution in [3.63, 3.8) is 0 Å². The molecule has 9 nitrogen and oxygen atoms in total. The Morgan fingerprint density at radius 3 is 2.13 bits per heavy atom. The lowest BCUT2D eigenvalue weighted by Crippen LogP contribution is -2.44. The lowest BCUT2D eigenvalue weighted by molar-refractivity contribution is -0.143. The molecule has 0 aliphatic rings. The molecule has 1 atom stereocenters. The van der Waals surface area contributed by atoms with Gasteiger partial charge < -0.3 is 15.9 Å². The van der Waals surface area contributed by atoms with Crippen LogP contribution < -0.4 is 5.73 Å². The predicted molar refractivity (Wildman–Crippen MR) is 45.5 cm³/mol. The van der Waals surface area contributed by atoms with E-state index in [9.17, 15) is 19.3 Å². The van der Waals surface area contributed by atoms with E-state index in [2.05, 4.69) is 11.0 Å². The molecule has 9 heteroatoms. The van der Waals surface area contributed by atoms with Crippen molar-refractivity contribution in [2.45, 2.75) is 18.9 Å². The summed E-state index contributed by atoms with van der Waals surface area (Å²) in [5, 5.41) is 19.0. The Bertz CT molecular complexity index is 291. The molecule has 0 aliphatic carbocycles. The third kappa shape index (κ3) is 4.02. The normalized spacial score (nSPS) is 11.5. The summed E-state index contributed by atoms with van der Waals surface area (Å²) in [5.41, 5.74) is 4.67. The van der Waals surface area contributed by atoms with E-state index in [1.165, 1.54) is 0 Å². The van der Waals surface area contributed by atoms with E-state index in [1.807, 2.05) is 0 Å². The van der Waals surface area contributed by atoms with Crippen molar-refractivity contribution in [2.75, 3.05) is 0 Å². The van der Waals surface area contributed by atoms with E-state index in [-0.39, 0.29) is 5.01 Å². The first-order valence-corrected chi connectivity index (χ1v) is 3.76. The SMILES string of the molecule is NC(=O)N(N=O)C(CCC(=O)O)C(=O)O. The Morgan fingerprint density at radius 1 is 1.33 bits per heavy atom. The van der Waals surface area contributed by atoms with Crippen LogP contribution in [0.4, 0.5) is 4.79 Å². The molecule has 15 heavy (non-hydrogen) atoms. The number of urea groups is 1.